The van der Waals surface area contributed by atoms with Crippen LogP contribution in [0.5, 0.6) is 0 Å². The highest BCUT2D eigenvalue weighted by Gasteiger charge is 2.11. The van der Waals surface area contributed by atoms with E-state index in [0.29, 0.717) is 13.0 Å². The molecule has 4 heteroatoms. The van der Waals surface area contributed by atoms with Crippen LogP contribution in [0.3, 0.4) is 0 Å². The van der Waals surface area contributed by atoms with E-state index in [-0.39, 0.29) is 12.3 Å². The van der Waals surface area contributed by atoms with Gasteiger partial charge in [-0.1, -0.05) is 18.2 Å². The van der Waals surface area contributed by atoms with Crippen LogP contribution in [0, 0.1) is 18.8 Å². The van der Waals surface area contributed by atoms with Gasteiger partial charge in [-0.25, -0.2) is 0 Å². The Labute approximate surface area is 102 Å². The minimum Gasteiger partial charge on any atom is -0.297 e. The number of hydrogen-bond donors (Lipinski definition) is 0. The summed E-state index contributed by atoms with van der Waals surface area (Å²) in [6.45, 7) is 6.33. The minimum absolute atomic E-state index is 0.0175. The number of ketones is 1. The first-order valence-corrected chi connectivity index (χ1v) is 5.73. The molecule has 92 valence electrons. The first-order valence-electron chi connectivity index (χ1n) is 5.73. The summed E-state index contributed by atoms with van der Waals surface area (Å²) in [5.74, 6) is 0.0175. The van der Waals surface area contributed by atoms with Gasteiger partial charge in [-0.3, -0.25) is 9.80 Å². The molecule has 4 nitrogen and oxygen atoms in total. The second kappa shape index (κ2) is 6.13. The first kappa shape index (κ1) is 13.4. The van der Waals surface area contributed by atoms with Gasteiger partial charge in [0, 0.05) is 13.0 Å². The van der Waals surface area contributed by atoms with Crippen molar-refractivity contribution >= 4 is 5.78 Å². The number of nitrogens with zero attached hydrogens (tertiary/aromatic N) is 2. The number of nitroso groups, excluding NO2 is 1. The van der Waals surface area contributed by atoms with Crippen molar-refractivity contribution in [2.75, 3.05) is 13.1 Å². The van der Waals surface area contributed by atoms with Gasteiger partial charge >= 0.3 is 0 Å². The second-order valence-corrected chi connectivity index (χ2v) is 4.15. The van der Waals surface area contributed by atoms with Crippen LogP contribution in [-0.4, -0.2) is 23.9 Å². The third-order valence-electron chi connectivity index (χ3n) is 2.86. The van der Waals surface area contributed by atoms with E-state index < -0.39 is 0 Å². The van der Waals surface area contributed by atoms with E-state index in [0.717, 1.165) is 16.7 Å². The summed E-state index contributed by atoms with van der Waals surface area (Å²) in [6, 6.07) is 5.96. The molecule has 0 saturated carbocycles. The number of benzene rings is 1. The van der Waals surface area contributed by atoms with Gasteiger partial charge in [0.2, 0.25) is 0 Å². The van der Waals surface area contributed by atoms with Gasteiger partial charge in [0.05, 0.1) is 11.8 Å². The van der Waals surface area contributed by atoms with Crippen molar-refractivity contribution in [2.24, 2.45) is 5.29 Å². The molecule has 1 aromatic carbocycles. The fraction of sp³-hybridized carbons (Fsp3) is 0.462. The van der Waals surface area contributed by atoms with Gasteiger partial charge in [0.15, 0.2) is 5.78 Å². The molecule has 1 aromatic rings. The number of hydrogen-bond acceptors (Lipinski definition) is 3. The Bertz CT molecular complexity index is 396. The van der Waals surface area contributed by atoms with Crippen LogP contribution in [0.25, 0.3) is 0 Å². The van der Waals surface area contributed by atoms with Gasteiger partial charge < -0.3 is 0 Å². The average molecular weight is 234 g/mol. The maximum atomic E-state index is 11.8. The summed E-state index contributed by atoms with van der Waals surface area (Å²) in [5, 5.41) is 4.03. The van der Waals surface area contributed by atoms with Crippen LogP contribution in [0.1, 0.15) is 23.6 Å². The number of carbonyl (C=O) groups is 1. The average Bonchev–Trinajstić information content (AvgIpc) is 2.31. The zero-order valence-corrected chi connectivity index (χ0v) is 10.6. The largest absolute Gasteiger partial charge is 0.297 e. The van der Waals surface area contributed by atoms with Crippen molar-refractivity contribution in [2.45, 2.75) is 27.2 Å². The molecule has 0 atom stereocenters. The highest BCUT2D eigenvalue weighted by Crippen LogP contribution is 2.14. The molecule has 0 aromatic heterocycles. The van der Waals surface area contributed by atoms with E-state index in [1.54, 1.807) is 6.92 Å². The fourth-order valence-electron chi connectivity index (χ4n) is 1.78. The van der Waals surface area contributed by atoms with E-state index in [1.165, 1.54) is 5.01 Å². The predicted molar refractivity (Wildman–Crippen MR) is 67.7 cm³/mol. The van der Waals surface area contributed by atoms with Crippen LogP contribution in [-0.2, 0) is 11.2 Å². The Morgan fingerprint density at radius 3 is 2.35 bits per heavy atom. The Morgan fingerprint density at radius 1 is 1.29 bits per heavy atom. The van der Waals surface area contributed by atoms with E-state index in [9.17, 15) is 9.70 Å². The van der Waals surface area contributed by atoms with Crippen molar-refractivity contribution in [1.82, 2.24) is 5.01 Å². The van der Waals surface area contributed by atoms with Crippen LogP contribution in [0.4, 0.5) is 0 Å². The van der Waals surface area contributed by atoms with E-state index in [2.05, 4.69) is 5.29 Å². The standard InChI is InChI=1S/C13H18N2O2/c1-4-15(14-17)9-12(16)8-13-10(2)6-5-7-11(13)3/h5-7H,4,8-9H2,1-3H3. The molecule has 0 aliphatic heterocycles. The van der Waals surface area contributed by atoms with Crippen LogP contribution < -0.4 is 0 Å². The van der Waals surface area contributed by atoms with Crippen molar-refractivity contribution in [3.05, 3.63) is 39.8 Å². The maximum Gasteiger partial charge on any atom is 0.158 e. The monoisotopic (exact) mass is 234 g/mol. The second-order valence-electron chi connectivity index (χ2n) is 4.15. The zero-order valence-electron chi connectivity index (χ0n) is 10.6. The SMILES string of the molecule is CCN(CC(=O)Cc1c(C)cccc1C)N=O. The molecule has 0 aliphatic rings. The molecule has 0 radical (unpaired) electrons. The number of Topliss-reactive ketones (excluding diaryl/α,β-unsaturated/α-hetero) is 1. The summed E-state index contributed by atoms with van der Waals surface area (Å²) >= 11 is 0. The summed E-state index contributed by atoms with van der Waals surface area (Å²) in [5.41, 5.74) is 3.28. The van der Waals surface area contributed by atoms with Crippen LogP contribution >= 0.6 is 0 Å². The molecule has 0 heterocycles. The maximum absolute atomic E-state index is 11.8. The molecule has 1 rings (SSSR count). The lowest BCUT2D eigenvalue weighted by Crippen LogP contribution is -2.25. The van der Waals surface area contributed by atoms with E-state index >= 15 is 0 Å². The molecule has 17 heavy (non-hydrogen) atoms. The predicted octanol–water partition coefficient (Wildman–Crippen LogP) is 2.42. The molecule has 0 unspecified atom stereocenters. The molecule has 0 bridgehead atoms. The molecule has 0 aliphatic carbocycles. The Morgan fingerprint density at radius 2 is 1.88 bits per heavy atom. The number of likely N-dealkylation sites (N-methyl/N-ethyl adjacent to an activating group) is 1. The van der Waals surface area contributed by atoms with E-state index in [1.807, 2.05) is 32.0 Å². The molecule has 0 saturated heterocycles. The Hall–Kier alpha value is -1.71. The molecule has 0 spiro atoms. The highest BCUT2D eigenvalue weighted by atomic mass is 16.3. The quantitative estimate of drug-likeness (QED) is 0.561. The summed E-state index contributed by atoms with van der Waals surface area (Å²) < 4.78 is 0. The van der Waals surface area contributed by atoms with Gasteiger partial charge in [-0.15, -0.1) is 4.91 Å². The Balaban J connectivity index is 2.71. The topological polar surface area (TPSA) is 49.7 Å². The molecular weight excluding hydrogens is 216 g/mol. The van der Waals surface area contributed by atoms with Crippen molar-refractivity contribution in [3.63, 3.8) is 0 Å². The molecular formula is C13H18N2O2. The number of carbonyl (C=O) groups excluding carboxylic acids is 1. The first-order chi connectivity index (χ1) is 8.08. The molecule has 0 amide bonds. The lowest BCUT2D eigenvalue weighted by atomic mass is 9.98. The zero-order chi connectivity index (χ0) is 12.8. The van der Waals surface area contributed by atoms with E-state index in [4.69, 9.17) is 0 Å². The number of aryl methyl sites for hydroxylation is 2. The van der Waals surface area contributed by atoms with Crippen LogP contribution in [0.2, 0.25) is 0 Å². The van der Waals surface area contributed by atoms with Gasteiger partial charge in [0.25, 0.3) is 0 Å². The third kappa shape index (κ3) is 3.66. The van der Waals surface area contributed by atoms with Gasteiger partial charge in [-0.05, 0) is 37.5 Å². The lowest BCUT2D eigenvalue weighted by Gasteiger charge is -2.13. The summed E-state index contributed by atoms with van der Waals surface area (Å²) in [4.78, 5) is 22.2. The number of rotatable bonds is 6. The van der Waals surface area contributed by atoms with Crippen molar-refractivity contribution in [3.8, 4) is 0 Å². The van der Waals surface area contributed by atoms with Gasteiger partial charge in [-0.2, -0.15) is 0 Å². The van der Waals surface area contributed by atoms with Gasteiger partial charge in [0.1, 0.15) is 0 Å². The van der Waals surface area contributed by atoms with Crippen LogP contribution in [0.15, 0.2) is 23.5 Å². The fourth-order valence-corrected chi connectivity index (χ4v) is 1.78. The lowest BCUT2D eigenvalue weighted by molar-refractivity contribution is -0.119. The van der Waals surface area contributed by atoms with Crippen molar-refractivity contribution in [1.29, 1.82) is 0 Å². The summed E-state index contributed by atoms with van der Waals surface area (Å²) in [7, 11) is 0. The highest BCUT2D eigenvalue weighted by molar-refractivity contribution is 5.83. The Kier molecular flexibility index (Phi) is 4.82. The van der Waals surface area contributed by atoms with Crippen molar-refractivity contribution < 1.29 is 4.79 Å². The normalized spacial score (nSPS) is 10.1. The molecule has 0 fully saturated rings. The summed E-state index contributed by atoms with van der Waals surface area (Å²) in [6.07, 6.45) is 0.366. The third-order valence-corrected chi connectivity index (χ3v) is 2.86. The minimum atomic E-state index is 0.0175. The smallest absolute Gasteiger partial charge is 0.158 e. The molecule has 0 N–H and O–H groups in total.